The van der Waals surface area contributed by atoms with Crippen molar-refractivity contribution in [3.05, 3.63) is 34.0 Å². The van der Waals surface area contributed by atoms with Crippen LogP contribution in [0.4, 0.5) is 5.95 Å². The molecular formula is C10H8BrClN4O. The number of nitrogens with zero attached hydrogens (tertiary/aromatic N) is 3. The molecule has 0 unspecified atom stereocenters. The molecule has 0 aliphatic rings. The second-order valence-electron chi connectivity index (χ2n) is 3.02. The molecule has 88 valence electrons. The Morgan fingerprint density at radius 2 is 1.88 bits per heavy atom. The van der Waals surface area contributed by atoms with Crippen LogP contribution < -0.4 is 10.1 Å². The fourth-order valence-electron chi connectivity index (χ4n) is 1.10. The first-order valence-electron chi connectivity index (χ1n) is 4.70. The van der Waals surface area contributed by atoms with Crippen molar-refractivity contribution in [2.75, 3.05) is 12.4 Å². The molecule has 1 aromatic carbocycles. The van der Waals surface area contributed by atoms with Gasteiger partial charge in [-0.2, -0.15) is 15.0 Å². The van der Waals surface area contributed by atoms with Crippen LogP contribution in [0.25, 0.3) is 0 Å². The number of rotatable bonds is 3. The van der Waals surface area contributed by atoms with Crippen LogP contribution in [0.15, 0.2) is 28.7 Å². The van der Waals surface area contributed by atoms with Crippen LogP contribution in [0.2, 0.25) is 5.28 Å². The quantitative estimate of drug-likeness (QED) is 0.943. The van der Waals surface area contributed by atoms with Crippen LogP contribution in [0.1, 0.15) is 0 Å². The lowest BCUT2D eigenvalue weighted by Gasteiger charge is -2.05. The van der Waals surface area contributed by atoms with Crippen molar-refractivity contribution in [3.63, 3.8) is 0 Å². The molecule has 0 atom stereocenters. The Labute approximate surface area is 111 Å². The molecule has 2 rings (SSSR count). The lowest BCUT2D eigenvalue weighted by atomic mass is 10.3. The summed E-state index contributed by atoms with van der Waals surface area (Å²) in [7, 11) is 1.69. The Morgan fingerprint density at radius 1 is 1.18 bits per heavy atom. The van der Waals surface area contributed by atoms with Gasteiger partial charge in [0.05, 0.1) is 0 Å². The molecule has 1 heterocycles. The first-order valence-corrected chi connectivity index (χ1v) is 5.87. The van der Waals surface area contributed by atoms with Gasteiger partial charge in [0.15, 0.2) is 0 Å². The summed E-state index contributed by atoms with van der Waals surface area (Å²) < 4.78 is 6.42. The molecule has 0 saturated carbocycles. The third-order valence-corrected chi connectivity index (χ3v) is 2.53. The molecule has 0 amide bonds. The number of hydrogen-bond donors (Lipinski definition) is 1. The summed E-state index contributed by atoms with van der Waals surface area (Å²) in [5, 5.41) is 2.85. The van der Waals surface area contributed by atoms with Crippen molar-refractivity contribution in [3.8, 4) is 11.8 Å². The van der Waals surface area contributed by atoms with Crippen LogP contribution in [-0.2, 0) is 0 Å². The Kier molecular flexibility index (Phi) is 3.75. The number of benzene rings is 1. The Hall–Kier alpha value is -1.40. The second-order valence-corrected chi connectivity index (χ2v) is 4.27. The molecule has 0 spiro atoms. The minimum absolute atomic E-state index is 0.0801. The van der Waals surface area contributed by atoms with Crippen LogP contribution in [-0.4, -0.2) is 22.0 Å². The molecule has 0 aliphatic heterocycles. The molecule has 1 aromatic heterocycles. The van der Waals surface area contributed by atoms with E-state index in [9.17, 15) is 0 Å². The van der Waals surface area contributed by atoms with Crippen LogP contribution in [0.3, 0.4) is 0 Å². The molecule has 0 radical (unpaired) electrons. The first kappa shape index (κ1) is 12.1. The van der Waals surface area contributed by atoms with Crippen molar-refractivity contribution in [2.24, 2.45) is 0 Å². The van der Waals surface area contributed by atoms with Gasteiger partial charge in [-0.25, -0.2) is 0 Å². The summed E-state index contributed by atoms with van der Waals surface area (Å²) in [6, 6.07) is 7.45. The fraction of sp³-hybridized carbons (Fsp3) is 0.100. The Balaban J connectivity index is 2.23. The predicted octanol–water partition coefficient (Wildman–Crippen LogP) is 3.12. The minimum Gasteiger partial charge on any atom is -0.424 e. The van der Waals surface area contributed by atoms with Gasteiger partial charge < -0.3 is 10.1 Å². The Bertz CT molecular complexity index is 520. The van der Waals surface area contributed by atoms with Gasteiger partial charge in [0.25, 0.3) is 0 Å². The van der Waals surface area contributed by atoms with Crippen molar-refractivity contribution >= 4 is 33.5 Å². The maximum absolute atomic E-state index is 5.73. The van der Waals surface area contributed by atoms with Crippen molar-refractivity contribution < 1.29 is 4.74 Å². The summed E-state index contributed by atoms with van der Waals surface area (Å²) in [4.78, 5) is 11.7. The molecule has 0 fully saturated rings. The van der Waals surface area contributed by atoms with E-state index in [0.29, 0.717) is 11.7 Å². The van der Waals surface area contributed by atoms with E-state index in [-0.39, 0.29) is 11.3 Å². The highest BCUT2D eigenvalue weighted by molar-refractivity contribution is 9.10. The number of hydrogen-bond acceptors (Lipinski definition) is 5. The van der Waals surface area contributed by atoms with Crippen molar-refractivity contribution in [1.82, 2.24) is 15.0 Å². The molecule has 17 heavy (non-hydrogen) atoms. The van der Waals surface area contributed by atoms with E-state index < -0.39 is 0 Å². The van der Waals surface area contributed by atoms with Gasteiger partial charge >= 0.3 is 6.01 Å². The van der Waals surface area contributed by atoms with Gasteiger partial charge in [-0.3, -0.25) is 0 Å². The van der Waals surface area contributed by atoms with Crippen LogP contribution in [0, 0.1) is 0 Å². The third-order valence-electron chi connectivity index (χ3n) is 1.83. The summed E-state index contributed by atoms with van der Waals surface area (Å²) in [5.41, 5.74) is 0. The second kappa shape index (κ2) is 5.29. The summed E-state index contributed by atoms with van der Waals surface area (Å²) in [5.74, 6) is 0.981. The molecule has 5 nitrogen and oxygen atoms in total. The van der Waals surface area contributed by atoms with E-state index >= 15 is 0 Å². The van der Waals surface area contributed by atoms with E-state index in [2.05, 4.69) is 36.2 Å². The number of nitrogens with one attached hydrogen (secondary N) is 1. The number of halogens is 2. The third kappa shape index (κ3) is 3.28. The van der Waals surface area contributed by atoms with Crippen molar-refractivity contribution in [1.29, 1.82) is 0 Å². The number of aromatic nitrogens is 3. The van der Waals surface area contributed by atoms with Gasteiger partial charge in [-0.1, -0.05) is 15.9 Å². The first-order chi connectivity index (χ1) is 8.17. The zero-order chi connectivity index (χ0) is 12.3. The van der Waals surface area contributed by atoms with Gasteiger partial charge in [-0.15, -0.1) is 0 Å². The minimum atomic E-state index is 0.0801. The van der Waals surface area contributed by atoms with Crippen LogP contribution >= 0.6 is 27.5 Å². The van der Waals surface area contributed by atoms with E-state index in [1.54, 1.807) is 19.2 Å². The number of ether oxygens (including phenoxy) is 1. The summed E-state index contributed by atoms with van der Waals surface area (Å²) in [6.07, 6.45) is 0. The van der Waals surface area contributed by atoms with Gasteiger partial charge in [0, 0.05) is 11.5 Å². The molecule has 1 N–H and O–H groups in total. The predicted molar refractivity (Wildman–Crippen MR) is 68.6 cm³/mol. The lowest BCUT2D eigenvalue weighted by Crippen LogP contribution is -2.01. The highest BCUT2D eigenvalue weighted by Gasteiger charge is 2.05. The molecule has 7 heteroatoms. The highest BCUT2D eigenvalue weighted by Crippen LogP contribution is 2.21. The van der Waals surface area contributed by atoms with Gasteiger partial charge in [-0.05, 0) is 35.9 Å². The average molecular weight is 316 g/mol. The lowest BCUT2D eigenvalue weighted by molar-refractivity contribution is 0.440. The normalized spacial score (nSPS) is 10.1. The van der Waals surface area contributed by atoms with E-state index in [0.717, 1.165) is 4.47 Å². The Morgan fingerprint density at radius 3 is 2.53 bits per heavy atom. The summed E-state index contributed by atoms with van der Waals surface area (Å²) in [6.45, 7) is 0. The van der Waals surface area contributed by atoms with Gasteiger partial charge in [0.2, 0.25) is 11.2 Å². The van der Waals surface area contributed by atoms with Crippen LogP contribution in [0.5, 0.6) is 11.8 Å². The maximum atomic E-state index is 5.73. The summed E-state index contributed by atoms with van der Waals surface area (Å²) >= 11 is 9.07. The van der Waals surface area contributed by atoms with E-state index in [4.69, 9.17) is 16.3 Å². The number of anilines is 1. The zero-order valence-corrected chi connectivity index (χ0v) is 11.2. The molecule has 2 aromatic rings. The average Bonchev–Trinajstić information content (AvgIpc) is 2.31. The standard InChI is InChI=1S/C10H8BrClN4O/c1-13-9-14-8(12)15-10(16-9)17-7-4-2-6(11)3-5-7/h2-5H,1H3,(H,13,14,15,16). The topological polar surface area (TPSA) is 59.9 Å². The SMILES string of the molecule is CNc1nc(Cl)nc(Oc2ccc(Br)cc2)n1. The van der Waals surface area contributed by atoms with Crippen molar-refractivity contribution in [2.45, 2.75) is 0 Å². The van der Waals surface area contributed by atoms with E-state index in [1.165, 1.54) is 0 Å². The molecule has 0 bridgehead atoms. The fourth-order valence-corrected chi connectivity index (χ4v) is 1.51. The molecular weight excluding hydrogens is 307 g/mol. The smallest absolute Gasteiger partial charge is 0.328 e. The molecule has 0 saturated heterocycles. The van der Waals surface area contributed by atoms with E-state index in [1.807, 2.05) is 12.1 Å². The largest absolute Gasteiger partial charge is 0.424 e. The maximum Gasteiger partial charge on any atom is 0.328 e. The molecule has 0 aliphatic carbocycles. The van der Waals surface area contributed by atoms with Gasteiger partial charge in [0.1, 0.15) is 5.75 Å². The zero-order valence-electron chi connectivity index (χ0n) is 8.82. The highest BCUT2D eigenvalue weighted by atomic mass is 79.9. The monoisotopic (exact) mass is 314 g/mol.